The van der Waals surface area contributed by atoms with Crippen molar-refractivity contribution in [1.82, 2.24) is 9.55 Å². The Morgan fingerprint density at radius 2 is 2.05 bits per heavy atom. The first-order valence-electron chi connectivity index (χ1n) is 7.30. The first-order chi connectivity index (χ1) is 9.74. The lowest BCUT2D eigenvalue weighted by Gasteiger charge is -2.24. The molecule has 0 atom stereocenters. The minimum absolute atomic E-state index is 0.567. The van der Waals surface area contributed by atoms with Gasteiger partial charge in [-0.25, -0.2) is 4.98 Å². The number of aromatic nitrogens is 2. The maximum Gasteiger partial charge on any atom is 0.207 e. The van der Waals surface area contributed by atoms with E-state index in [1.807, 2.05) is 12.4 Å². The monoisotopic (exact) mass is 333 g/mol. The zero-order valence-corrected chi connectivity index (χ0v) is 13.4. The predicted octanol–water partition coefficient (Wildman–Crippen LogP) is 4.69. The highest BCUT2D eigenvalue weighted by Crippen LogP contribution is 2.25. The summed E-state index contributed by atoms with van der Waals surface area (Å²) in [6.07, 6.45) is 10.4. The summed E-state index contributed by atoms with van der Waals surface area (Å²) in [5.74, 6) is 0.957. The van der Waals surface area contributed by atoms with Crippen molar-refractivity contribution in [2.75, 3.05) is 5.32 Å². The second kappa shape index (κ2) is 6.00. The summed E-state index contributed by atoms with van der Waals surface area (Å²) in [5.41, 5.74) is 2.42. The van der Waals surface area contributed by atoms with Crippen molar-refractivity contribution in [2.24, 2.45) is 0 Å². The van der Waals surface area contributed by atoms with Crippen LogP contribution in [0.1, 0.15) is 37.7 Å². The molecule has 2 aromatic rings. The third-order valence-electron chi connectivity index (χ3n) is 4.01. The molecular weight excluding hydrogens is 314 g/mol. The van der Waals surface area contributed by atoms with Crippen LogP contribution in [-0.2, 0) is 0 Å². The number of nitrogens with zero attached hydrogens (tertiary/aromatic N) is 2. The summed E-state index contributed by atoms with van der Waals surface area (Å²) < 4.78 is 3.24. The van der Waals surface area contributed by atoms with Gasteiger partial charge in [0.15, 0.2) is 0 Å². The molecular formula is C16H20BrN3. The van der Waals surface area contributed by atoms with Gasteiger partial charge in [-0.2, -0.15) is 0 Å². The van der Waals surface area contributed by atoms with Crippen molar-refractivity contribution in [3.63, 3.8) is 0 Å². The Balaban J connectivity index is 1.87. The van der Waals surface area contributed by atoms with Crippen molar-refractivity contribution >= 4 is 21.9 Å². The summed E-state index contributed by atoms with van der Waals surface area (Å²) in [6.45, 7) is 2.13. The highest BCUT2D eigenvalue weighted by Gasteiger charge is 2.16. The van der Waals surface area contributed by atoms with Crippen molar-refractivity contribution in [3.8, 4) is 5.69 Å². The minimum atomic E-state index is 0.567. The normalized spacial score (nSPS) is 16.3. The lowest BCUT2D eigenvalue weighted by molar-refractivity contribution is 0.460. The quantitative estimate of drug-likeness (QED) is 0.883. The molecule has 1 N–H and O–H groups in total. The van der Waals surface area contributed by atoms with Crippen LogP contribution >= 0.6 is 15.9 Å². The van der Waals surface area contributed by atoms with Gasteiger partial charge >= 0.3 is 0 Å². The highest BCUT2D eigenvalue weighted by molar-refractivity contribution is 9.10. The molecule has 0 unspecified atom stereocenters. The number of halogens is 1. The number of rotatable bonds is 3. The minimum Gasteiger partial charge on any atom is -0.353 e. The molecule has 4 heteroatoms. The Hall–Kier alpha value is -1.29. The highest BCUT2D eigenvalue weighted by atomic mass is 79.9. The molecule has 0 saturated heterocycles. The van der Waals surface area contributed by atoms with Crippen LogP contribution in [0.3, 0.4) is 0 Å². The average molecular weight is 334 g/mol. The van der Waals surface area contributed by atoms with Gasteiger partial charge in [0, 0.05) is 22.9 Å². The van der Waals surface area contributed by atoms with Crippen LogP contribution in [0.5, 0.6) is 0 Å². The van der Waals surface area contributed by atoms with Gasteiger partial charge in [0.2, 0.25) is 5.95 Å². The smallest absolute Gasteiger partial charge is 0.207 e. The number of benzene rings is 1. The van der Waals surface area contributed by atoms with E-state index in [2.05, 4.69) is 55.9 Å². The molecule has 1 fully saturated rings. The van der Waals surface area contributed by atoms with Gasteiger partial charge in [-0.1, -0.05) is 41.3 Å². The first kappa shape index (κ1) is 13.7. The lowest BCUT2D eigenvalue weighted by Crippen LogP contribution is -2.24. The Bertz CT molecular complexity index is 585. The SMILES string of the molecule is Cc1ccc(Br)cc1-n1ccnc1NC1CCCCC1. The van der Waals surface area contributed by atoms with Crippen LogP contribution in [0.15, 0.2) is 35.1 Å². The third-order valence-corrected chi connectivity index (χ3v) is 4.50. The van der Waals surface area contributed by atoms with Crippen molar-refractivity contribution in [2.45, 2.75) is 45.1 Å². The van der Waals surface area contributed by atoms with Gasteiger partial charge in [0.25, 0.3) is 0 Å². The first-order valence-corrected chi connectivity index (χ1v) is 8.10. The zero-order chi connectivity index (χ0) is 13.9. The topological polar surface area (TPSA) is 29.9 Å². The lowest BCUT2D eigenvalue weighted by atomic mass is 9.96. The van der Waals surface area contributed by atoms with Gasteiger partial charge in [0.1, 0.15) is 0 Å². The van der Waals surface area contributed by atoms with Crippen LogP contribution in [0.2, 0.25) is 0 Å². The van der Waals surface area contributed by atoms with Crippen LogP contribution in [-0.4, -0.2) is 15.6 Å². The molecule has 3 rings (SSSR count). The summed E-state index contributed by atoms with van der Waals surface area (Å²) in [7, 11) is 0. The second-order valence-corrected chi connectivity index (χ2v) is 6.45. The van der Waals surface area contributed by atoms with Crippen LogP contribution < -0.4 is 5.32 Å². The van der Waals surface area contributed by atoms with Crippen LogP contribution in [0.25, 0.3) is 5.69 Å². The summed E-state index contributed by atoms with van der Waals surface area (Å²) in [4.78, 5) is 4.49. The average Bonchev–Trinajstić information content (AvgIpc) is 2.91. The number of hydrogen-bond acceptors (Lipinski definition) is 2. The maximum absolute atomic E-state index is 4.49. The molecule has 1 aliphatic rings. The number of aryl methyl sites for hydroxylation is 1. The van der Waals surface area contributed by atoms with Gasteiger partial charge in [0.05, 0.1) is 5.69 Å². The third kappa shape index (κ3) is 2.90. The van der Waals surface area contributed by atoms with E-state index in [1.54, 1.807) is 0 Å². The zero-order valence-electron chi connectivity index (χ0n) is 11.8. The Morgan fingerprint density at radius 1 is 1.25 bits per heavy atom. The Kier molecular flexibility index (Phi) is 4.10. The second-order valence-electron chi connectivity index (χ2n) is 5.53. The van der Waals surface area contributed by atoms with E-state index in [9.17, 15) is 0 Å². The van der Waals surface area contributed by atoms with Crippen LogP contribution in [0.4, 0.5) is 5.95 Å². The van der Waals surface area contributed by atoms with Gasteiger partial charge in [-0.05, 0) is 37.5 Å². The molecule has 0 amide bonds. The number of imidazole rings is 1. The number of anilines is 1. The molecule has 106 valence electrons. The molecule has 20 heavy (non-hydrogen) atoms. The maximum atomic E-state index is 4.49. The fourth-order valence-corrected chi connectivity index (χ4v) is 3.23. The molecule has 1 aliphatic carbocycles. The summed E-state index contributed by atoms with van der Waals surface area (Å²) in [6, 6.07) is 6.91. The Morgan fingerprint density at radius 3 is 2.85 bits per heavy atom. The van der Waals surface area contributed by atoms with E-state index in [1.165, 1.54) is 43.4 Å². The van der Waals surface area contributed by atoms with Gasteiger partial charge < -0.3 is 5.32 Å². The fraction of sp³-hybridized carbons (Fsp3) is 0.438. The van der Waals surface area contributed by atoms with Crippen LogP contribution in [0, 0.1) is 6.92 Å². The molecule has 0 aliphatic heterocycles. The fourth-order valence-electron chi connectivity index (χ4n) is 2.88. The van der Waals surface area contributed by atoms with E-state index in [0.29, 0.717) is 6.04 Å². The largest absolute Gasteiger partial charge is 0.353 e. The molecule has 0 radical (unpaired) electrons. The van der Waals surface area contributed by atoms with Crippen molar-refractivity contribution in [1.29, 1.82) is 0 Å². The molecule has 1 saturated carbocycles. The van der Waals surface area contributed by atoms with Crippen molar-refractivity contribution in [3.05, 3.63) is 40.6 Å². The molecule has 1 aromatic heterocycles. The summed E-state index contributed by atoms with van der Waals surface area (Å²) in [5, 5.41) is 3.61. The summed E-state index contributed by atoms with van der Waals surface area (Å²) >= 11 is 3.55. The van der Waals surface area contributed by atoms with E-state index < -0.39 is 0 Å². The molecule has 1 aromatic carbocycles. The van der Waals surface area contributed by atoms with Crippen molar-refractivity contribution < 1.29 is 0 Å². The predicted molar refractivity (Wildman–Crippen MR) is 86.5 cm³/mol. The molecule has 0 spiro atoms. The van der Waals surface area contributed by atoms with Gasteiger partial charge in [-0.15, -0.1) is 0 Å². The molecule has 3 nitrogen and oxygen atoms in total. The standard InChI is InChI=1S/C16H20BrN3/c1-12-7-8-13(17)11-15(12)20-10-9-18-16(20)19-14-5-3-2-4-6-14/h7-11,14H,2-6H2,1H3,(H,18,19). The van der Waals surface area contributed by atoms with Gasteiger partial charge in [-0.3, -0.25) is 4.57 Å². The number of nitrogens with one attached hydrogen (secondary N) is 1. The van der Waals surface area contributed by atoms with E-state index in [0.717, 1.165) is 10.4 Å². The van der Waals surface area contributed by atoms with E-state index in [-0.39, 0.29) is 0 Å². The van der Waals surface area contributed by atoms with E-state index >= 15 is 0 Å². The van der Waals surface area contributed by atoms with E-state index in [4.69, 9.17) is 0 Å². The number of hydrogen-bond donors (Lipinski definition) is 1. The molecule has 1 heterocycles. The Labute approximate surface area is 128 Å². The molecule has 0 bridgehead atoms.